The van der Waals surface area contributed by atoms with Crippen LogP contribution < -0.4 is 0 Å². The molecular formula is C19H21N5OS. The lowest BCUT2D eigenvalue weighted by atomic mass is 9.99. The van der Waals surface area contributed by atoms with Crippen molar-refractivity contribution >= 4 is 17.2 Å². The fraction of sp³-hybridized carbons (Fsp3) is 0.368. The van der Waals surface area contributed by atoms with E-state index in [0.717, 1.165) is 29.8 Å². The predicted molar refractivity (Wildman–Crippen MR) is 101 cm³/mol. The fourth-order valence-corrected chi connectivity index (χ4v) is 4.11. The first-order chi connectivity index (χ1) is 12.7. The van der Waals surface area contributed by atoms with Gasteiger partial charge >= 0.3 is 0 Å². The van der Waals surface area contributed by atoms with Crippen LogP contribution in [0.15, 0.2) is 47.8 Å². The maximum absolute atomic E-state index is 13.0. The van der Waals surface area contributed by atoms with Gasteiger partial charge in [-0.3, -0.25) is 4.79 Å². The van der Waals surface area contributed by atoms with Crippen LogP contribution in [0.1, 0.15) is 31.2 Å². The van der Waals surface area contributed by atoms with Crippen molar-refractivity contribution in [1.29, 1.82) is 0 Å². The summed E-state index contributed by atoms with van der Waals surface area (Å²) < 4.78 is 0. The number of thiophene rings is 1. The van der Waals surface area contributed by atoms with Crippen LogP contribution in [0.25, 0.3) is 10.7 Å². The second kappa shape index (κ2) is 7.37. The molecule has 0 aliphatic carbocycles. The van der Waals surface area contributed by atoms with Crippen molar-refractivity contribution in [2.24, 2.45) is 0 Å². The van der Waals surface area contributed by atoms with Crippen molar-refractivity contribution in [1.82, 2.24) is 25.1 Å². The molecule has 1 saturated heterocycles. The Bertz CT molecular complexity index is 861. The average Bonchev–Trinajstić information content (AvgIpc) is 3.43. The van der Waals surface area contributed by atoms with E-state index in [-0.39, 0.29) is 17.9 Å². The van der Waals surface area contributed by atoms with Crippen LogP contribution in [0.2, 0.25) is 0 Å². The molecule has 3 aromatic rings. The van der Waals surface area contributed by atoms with E-state index < -0.39 is 0 Å². The maximum atomic E-state index is 13.0. The molecule has 0 N–H and O–H groups in total. The van der Waals surface area contributed by atoms with Crippen molar-refractivity contribution in [2.45, 2.75) is 38.3 Å². The third-order valence-corrected chi connectivity index (χ3v) is 5.76. The lowest BCUT2D eigenvalue weighted by Crippen LogP contribution is -2.40. The Morgan fingerprint density at radius 3 is 2.88 bits per heavy atom. The van der Waals surface area contributed by atoms with Crippen molar-refractivity contribution in [3.05, 3.63) is 53.4 Å². The van der Waals surface area contributed by atoms with E-state index in [4.69, 9.17) is 0 Å². The van der Waals surface area contributed by atoms with Crippen LogP contribution in [0.4, 0.5) is 0 Å². The van der Waals surface area contributed by atoms with Crippen molar-refractivity contribution < 1.29 is 4.79 Å². The first-order valence-electron chi connectivity index (χ1n) is 8.89. The lowest BCUT2D eigenvalue weighted by Gasteiger charge is -2.27. The van der Waals surface area contributed by atoms with Gasteiger partial charge in [0.25, 0.3) is 0 Å². The number of hydrogen-bond donors (Lipinski definition) is 0. The molecule has 0 bridgehead atoms. The molecule has 26 heavy (non-hydrogen) atoms. The Hall–Kier alpha value is -2.54. The molecule has 0 unspecified atom stereocenters. The van der Waals surface area contributed by atoms with Crippen LogP contribution in [0.5, 0.6) is 0 Å². The number of amides is 1. The molecule has 3 heterocycles. The van der Waals surface area contributed by atoms with E-state index in [9.17, 15) is 4.79 Å². The molecule has 1 aliphatic rings. The van der Waals surface area contributed by atoms with Crippen molar-refractivity contribution in [3.8, 4) is 10.7 Å². The van der Waals surface area contributed by atoms with Crippen molar-refractivity contribution in [2.75, 3.05) is 6.54 Å². The standard InChI is InChI=1S/C19H21N5OS/c1-14(15-7-3-2-4-8-15)19(25)23-11-5-9-16(23)13-24-21-18(20-22-24)17-10-6-12-26-17/h2-4,6-8,10,12,14,16H,5,9,11,13H2,1H3/t14-,16-/m1/s1. The number of hydrogen-bond acceptors (Lipinski definition) is 5. The minimum Gasteiger partial charge on any atom is -0.337 e. The zero-order chi connectivity index (χ0) is 17.9. The van der Waals surface area contributed by atoms with E-state index in [2.05, 4.69) is 15.4 Å². The highest BCUT2D eigenvalue weighted by Crippen LogP contribution is 2.26. The first kappa shape index (κ1) is 16.9. The Kier molecular flexibility index (Phi) is 4.79. The van der Waals surface area contributed by atoms with Gasteiger partial charge in [0.05, 0.1) is 23.4 Å². The summed E-state index contributed by atoms with van der Waals surface area (Å²) in [6.45, 7) is 3.37. The van der Waals surface area contributed by atoms with E-state index in [1.807, 2.05) is 59.7 Å². The molecule has 1 amide bonds. The van der Waals surface area contributed by atoms with Gasteiger partial charge in [0.15, 0.2) is 0 Å². The summed E-state index contributed by atoms with van der Waals surface area (Å²) in [5, 5.41) is 14.8. The van der Waals surface area contributed by atoms with Gasteiger partial charge < -0.3 is 4.90 Å². The maximum Gasteiger partial charge on any atom is 0.230 e. The van der Waals surface area contributed by atoms with E-state index >= 15 is 0 Å². The summed E-state index contributed by atoms with van der Waals surface area (Å²) in [5.41, 5.74) is 1.06. The highest BCUT2D eigenvalue weighted by molar-refractivity contribution is 7.13. The molecule has 1 aliphatic heterocycles. The van der Waals surface area contributed by atoms with Gasteiger partial charge in [-0.2, -0.15) is 4.80 Å². The molecule has 0 saturated carbocycles. The molecule has 0 spiro atoms. The zero-order valence-electron chi connectivity index (χ0n) is 14.7. The minimum absolute atomic E-state index is 0.124. The molecule has 2 aromatic heterocycles. The van der Waals surface area contributed by atoms with E-state index in [0.29, 0.717) is 12.4 Å². The number of benzene rings is 1. The number of nitrogens with zero attached hydrogens (tertiary/aromatic N) is 5. The van der Waals surface area contributed by atoms with Gasteiger partial charge in [0, 0.05) is 6.54 Å². The highest BCUT2D eigenvalue weighted by atomic mass is 32.1. The van der Waals surface area contributed by atoms with Gasteiger partial charge in [-0.05, 0) is 42.0 Å². The predicted octanol–water partition coefficient (Wildman–Crippen LogP) is 3.20. The molecule has 134 valence electrons. The Labute approximate surface area is 156 Å². The Balaban J connectivity index is 1.46. The molecule has 0 radical (unpaired) electrons. The number of aromatic nitrogens is 4. The fourth-order valence-electron chi connectivity index (χ4n) is 3.46. The number of carbonyl (C=O) groups is 1. The van der Waals surface area contributed by atoms with Crippen LogP contribution in [0.3, 0.4) is 0 Å². The first-order valence-corrected chi connectivity index (χ1v) is 9.77. The monoisotopic (exact) mass is 367 g/mol. The Morgan fingerprint density at radius 1 is 1.27 bits per heavy atom. The molecule has 1 aromatic carbocycles. The molecule has 6 nitrogen and oxygen atoms in total. The molecule has 2 atom stereocenters. The quantitative estimate of drug-likeness (QED) is 0.695. The van der Waals surface area contributed by atoms with Crippen LogP contribution >= 0.6 is 11.3 Å². The summed E-state index contributed by atoms with van der Waals surface area (Å²) in [7, 11) is 0. The summed E-state index contributed by atoms with van der Waals surface area (Å²) in [6, 6.07) is 14.0. The summed E-state index contributed by atoms with van der Waals surface area (Å²) in [6.07, 6.45) is 1.99. The summed E-state index contributed by atoms with van der Waals surface area (Å²) in [4.78, 5) is 17.6. The highest BCUT2D eigenvalue weighted by Gasteiger charge is 2.32. The van der Waals surface area contributed by atoms with Gasteiger partial charge in [-0.25, -0.2) is 0 Å². The van der Waals surface area contributed by atoms with Gasteiger partial charge in [0.2, 0.25) is 11.7 Å². The average molecular weight is 367 g/mol. The largest absolute Gasteiger partial charge is 0.337 e. The van der Waals surface area contributed by atoms with Gasteiger partial charge in [-0.1, -0.05) is 36.4 Å². The summed E-state index contributed by atoms with van der Waals surface area (Å²) in [5.74, 6) is 0.688. The molecule has 1 fully saturated rings. The number of tetrazole rings is 1. The molecular weight excluding hydrogens is 346 g/mol. The van der Waals surface area contributed by atoms with E-state index in [1.165, 1.54) is 0 Å². The van der Waals surface area contributed by atoms with Crippen LogP contribution in [-0.2, 0) is 11.3 Å². The van der Waals surface area contributed by atoms with Crippen LogP contribution in [0, 0.1) is 0 Å². The Morgan fingerprint density at radius 2 is 2.12 bits per heavy atom. The number of likely N-dealkylation sites (tertiary alicyclic amines) is 1. The van der Waals surface area contributed by atoms with Gasteiger partial charge in [0.1, 0.15) is 0 Å². The second-order valence-electron chi connectivity index (χ2n) is 6.61. The number of carbonyl (C=O) groups excluding carboxylic acids is 1. The SMILES string of the molecule is C[C@@H](C(=O)N1CCC[C@@H]1Cn1nnc(-c2cccs2)n1)c1ccccc1. The number of rotatable bonds is 5. The zero-order valence-corrected chi connectivity index (χ0v) is 15.5. The molecule has 4 rings (SSSR count). The topological polar surface area (TPSA) is 63.9 Å². The van der Waals surface area contributed by atoms with Crippen molar-refractivity contribution in [3.63, 3.8) is 0 Å². The minimum atomic E-state index is -0.137. The van der Waals surface area contributed by atoms with E-state index in [1.54, 1.807) is 16.1 Å². The molecule has 7 heteroatoms. The third-order valence-electron chi connectivity index (χ3n) is 4.90. The van der Waals surface area contributed by atoms with Crippen LogP contribution in [-0.4, -0.2) is 43.6 Å². The smallest absolute Gasteiger partial charge is 0.230 e. The third kappa shape index (κ3) is 3.39. The lowest BCUT2D eigenvalue weighted by molar-refractivity contribution is -0.133. The second-order valence-corrected chi connectivity index (χ2v) is 7.55. The van der Waals surface area contributed by atoms with Gasteiger partial charge in [-0.15, -0.1) is 21.5 Å². The normalized spacial score (nSPS) is 18.2. The summed E-state index contributed by atoms with van der Waals surface area (Å²) >= 11 is 1.60.